The van der Waals surface area contributed by atoms with Crippen molar-refractivity contribution in [2.75, 3.05) is 7.05 Å². The van der Waals surface area contributed by atoms with Crippen LogP contribution in [0.25, 0.3) is 9.40 Å². The summed E-state index contributed by atoms with van der Waals surface area (Å²) in [6.07, 6.45) is 2.30. The van der Waals surface area contributed by atoms with Gasteiger partial charge >= 0.3 is 0 Å². The molecule has 1 N–H and O–H groups in total. The first-order valence-electron chi connectivity index (χ1n) is 4.34. The molecule has 0 aliphatic rings. The number of hydrogen-bond donors (Lipinski definition) is 1. The molecule has 70 valence electrons. The Balaban J connectivity index is 2.61. The fourth-order valence-electron chi connectivity index (χ4n) is 1.64. The second kappa shape index (κ2) is 3.40. The first kappa shape index (κ1) is 9.19. The minimum Gasteiger partial charge on any atom is -0.315 e. The predicted octanol–water partition coefficient (Wildman–Crippen LogP) is 3.22. The number of rotatable bonds is 2. The highest BCUT2D eigenvalue weighted by Crippen LogP contribution is 2.39. The number of hydrogen-bond acceptors (Lipinski definition) is 2. The zero-order chi connectivity index (χ0) is 9.42. The van der Waals surface area contributed by atoms with Gasteiger partial charge in [-0.15, -0.1) is 11.3 Å². The number of fused-ring (bicyclic) bond motifs is 1. The van der Waals surface area contributed by atoms with Gasteiger partial charge in [-0.1, -0.05) is 0 Å². The number of nitrogens with one attached hydrogen (secondary N) is 1. The molecule has 0 aliphatic heterocycles. The maximum atomic E-state index is 3.22. The molecule has 13 heavy (non-hydrogen) atoms. The smallest absolute Gasteiger partial charge is 0.194 e. The molecule has 0 amide bonds. The van der Waals surface area contributed by atoms with Crippen molar-refractivity contribution < 1.29 is 0 Å². The molecule has 0 saturated heterocycles. The summed E-state index contributed by atoms with van der Waals surface area (Å²) in [5.74, 6) is 0. The van der Waals surface area contributed by atoms with Crippen molar-refractivity contribution in [2.24, 2.45) is 6.26 Å². The summed E-state index contributed by atoms with van der Waals surface area (Å²) in [5, 5.41) is 5.53. The zero-order valence-electron chi connectivity index (χ0n) is 8.18. The Kier molecular flexibility index (Phi) is 2.41. The summed E-state index contributed by atoms with van der Waals surface area (Å²) in [6, 6.07) is 2.27. The number of thiophene rings is 2. The van der Waals surface area contributed by atoms with E-state index in [4.69, 9.17) is 0 Å². The Hall–Kier alpha value is -0.380. The van der Waals surface area contributed by atoms with Crippen LogP contribution in [0.5, 0.6) is 0 Å². The van der Waals surface area contributed by atoms with Gasteiger partial charge in [-0.25, -0.2) is 0 Å². The Bertz CT molecular complexity index is 425. The SMILES string of the molecule is CNCc1sc2cc[s+](C)c2c1C. The highest BCUT2D eigenvalue weighted by molar-refractivity contribution is 7.37. The fourth-order valence-corrected chi connectivity index (χ4v) is 4.89. The molecule has 1 atom stereocenters. The lowest BCUT2D eigenvalue weighted by atomic mass is 10.3. The summed E-state index contributed by atoms with van der Waals surface area (Å²) in [5.41, 5.74) is 1.50. The van der Waals surface area contributed by atoms with Crippen LogP contribution in [0, 0.1) is 6.92 Å². The van der Waals surface area contributed by atoms with Gasteiger partial charge in [0.15, 0.2) is 4.70 Å². The van der Waals surface area contributed by atoms with Gasteiger partial charge in [-0.2, -0.15) is 0 Å². The molecule has 0 fully saturated rings. The zero-order valence-corrected chi connectivity index (χ0v) is 9.81. The third kappa shape index (κ3) is 1.41. The lowest BCUT2D eigenvalue weighted by Gasteiger charge is -1.94. The van der Waals surface area contributed by atoms with Crippen molar-refractivity contribution in [1.29, 1.82) is 0 Å². The quantitative estimate of drug-likeness (QED) is 0.754. The molecule has 0 aliphatic carbocycles. The molecule has 0 bridgehead atoms. The van der Waals surface area contributed by atoms with E-state index in [1.807, 2.05) is 18.4 Å². The van der Waals surface area contributed by atoms with E-state index >= 15 is 0 Å². The number of aryl methyl sites for hydroxylation is 2. The Labute approximate surface area is 85.4 Å². The lowest BCUT2D eigenvalue weighted by Crippen LogP contribution is -2.03. The summed E-state index contributed by atoms with van der Waals surface area (Å²) in [4.78, 5) is 1.50. The molecule has 3 heteroatoms. The van der Waals surface area contributed by atoms with E-state index in [2.05, 4.69) is 29.9 Å². The van der Waals surface area contributed by atoms with Crippen LogP contribution in [0.4, 0.5) is 0 Å². The standard InChI is InChI=1S/C10H14NS2/c1-7-9(6-11-2)12-8-4-5-13(3)10(7)8/h4-5,11H,6H2,1-3H3/q+1. The van der Waals surface area contributed by atoms with Crippen LogP contribution in [-0.2, 0) is 12.8 Å². The molecule has 0 aromatic carbocycles. The lowest BCUT2D eigenvalue weighted by molar-refractivity contribution is 0.827. The average molecular weight is 212 g/mol. The van der Waals surface area contributed by atoms with E-state index in [-0.39, 0.29) is 0 Å². The second-order valence-electron chi connectivity index (χ2n) is 3.23. The van der Waals surface area contributed by atoms with E-state index < -0.39 is 0 Å². The molecule has 1 nitrogen and oxygen atoms in total. The minimum absolute atomic E-state index is 0.360. The van der Waals surface area contributed by atoms with Crippen LogP contribution in [0.3, 0.4) is 0 Å². The molecule has 2 aromatic heterocycles. The maximum absolute atomic E-state index is 3.22. The molecular formula is C10H14NS2+. The topological polar surface area (TPSA) is 12.0 Å². The molecule has 0 radical (unpaired) electrons. The Morgan fingerprint density at radius 2 is 2.31 bits per heavy atom. The van der Waals surface area contributed by atoms with Crippen LogP contribution in [0.1, 0.15) is 10.4 Å². The van der Waals surface area contributed by atoms with Crippen molar-refractivity contribution in [3.05, 3.63) is 21.9 Å². The van der Waals surface area contributed by atoms with Crippen LogP contribution in [0.2, 0.25) is 0 Å². The highest BCUT2D eigenvalue weighted by atomic mass is 32.2. The van der Waals surface area contributed by atoms with E-state index in [1.165, 1.54) is 15.1 Å². The normalized spacial score (nSPS) is 12.7. The van der Waals surface area contributed by atoms with Gasteiger partial charge in [0.2, 0.25) is 0 Å². The highest BCUT2D eigenvalue weighted by Gasteiger charge is 2.16. The first-order valence-corrected chi connectivity index (χ1v) is 6.85. The van der Waals surface area contributed by atoms with Gasteiger partial charge in [0, 0.05) is 23.1 Å². The van der Waals surface area contributed by atoms with Crippen LogP contribution < -0.4 is 5.32 Å². The third-order valence-corrected chi connectivity index (χ3v) is 5.40. The summed E-state index contributed by atoms with van der Waals surface area (Å²) in [7, 11) is 2.37. The van der Waals surface area contributed by atoms with E-state index in [1.54, 1.807) is 4.70 Å². The van der Waals surface area contributed by atoms with Crippen molar-refractivity contribution in [1.82, 2.24) is 5.32 Å². The summed E-state index contributed by atoms with van der Waals surface area (Å²) >= 11 is 1.93. The first-order chi connectivity index (χ1) is 6.24. The van der Waals surface area contributed by atoms with Crippen molar-refractivity contribution in [3.63, 3.8) is 0 Å². The Morgan fingerprint density at radius 1 is 1.54 bits per heavy atom. The van der Waals surface area contributed by atoms with Crippen molar-refractivity contribution >= 4 is 31.2 Å². The van der Waals surface area contributed by atoms with E-state index in [0.717, 1.165) is 6.54 Å². The largest absolute Gasteiger partial charge is 0.315 e. The van der Waals surface area contributed by atoms with Crippen molar-refractivity contribution in [3.8, 4) is 0 Å². The van der Waals surface area contributed by atoms with Crippen LogP contribution in [0.15, 0.2) is 11.4 Å². The second-order valence-corrected chi connectivity index (χ2v) is 6.17. The molecule has 2 aromatic rings. The average Bonchev–Trinajstić information content (AvgIpc) is 2.58. The van der Waals surface area contributed by atoms with Gasteiger partial charge in [0.05, 0.1) is 4.70 Å². The molecule has 2 heterocycles. The monoisotopic (exact) mass is 212 g/mol. The van der Waals surface area contributed by atoms with Gasteiger partial charge in [0.1, 0.15) is 11.6 Å². The van der Waals surface area contributed by atoms with Crippen LogP contribution in [-0.4, -0.2) is 7.05 Å². The van der Waals surface area contributed by atoms with E-state index in [0.29, 0.717) is 10.5 Å². The third-order valence-electron chi connectivity index (χ3n) is 2.30. The van der Waals surface area contributed by atoms with Gasteiger partial charge in [-0.05, 0) is 24.4 Å². The summed E-state index contributed by atoms with van der Waals surface area (Å²) in [6.45, 7) is 3.26. The summed E-state index contributed by atoms with van der Waals surface area (Å²) < 4.78 is 3.06. The van der Waals surface area contributed by atoms with Crippen molar-refractivity contribution in [2.45, 2.75) is 13.5 Å². The minimum atomic E-state index is 0.360. The predicted molar refractivity (Wildman–Crippen MR) is 62.8 cm³/mol. The maximum Gasteiger partial charge on any atom is 0.194 e. The van der Waals surface area contributed by atoms with Gasteiger partial charge < -0.3 is 5.32 Å². The molecule has 0 saturated carbocycles. The molecule has 2 rings (SSSR count). The Morgan fingerprint density at radius 3 is 2.92 bits per heavy atom. The fraction of sp³-hybridized carbons (Fsp3) is 0.400. The van der Waals surface area contributed by atoms with Gasteiger partial charge in [0.25, 0.3) is 0 Å². The molecule has 0 spiro atoms. The van der Waals surface area contributed by atoms with Crippen LogP contribution >= 0.6 is 21.8 Å². The van der Waals surface area contributed by atoms with E-state index in [9.17, 15) is 0 Å². The van der Waals surface area contributed by atoms with Gasteiger partial charge in [-0.3, -0.25) is 0 Å². The molecular weight excluding hydrogens is 198 g/mol. The molecule has 1 unspecified atom stereocenters.